The molecule has 0 aliphatic carbocycles. The lowest BCUT2D eigenvalue weighted by atomic mass is 9.79. The molecule has 0 saturated carbocycles. The highest BCUT2D eigenvalue weighted by Crippen LogP contribution is 2.54. The second kappa shape index (κ2) is 14.4. The lowest BCUT2D eigenvalue weighted by Crippen LogP contribution is -2.59. The summed E-state index contributed by atoms with van der Waals surface area (Å²) in [5, 5.41) is 4.31. The molecule has 0 spiro atoms. The van der Waals surface area contributed by atoms with Crippen molar-refractivity contribution < 1.29 is 23.0 Å². The van der Waals surface area contributed by atoms with E-state index in [1.165, 1.54) is 36.4 Å². The number of para-hydroxylation sites is 2. The molecule has 4 aromatic heterocycles. The molecule has 13 heteroatoms. The predicted molar refractivity (Wildman–Crippen MR) is 217 cm³/mol. The molecule has 1 amide bonds. The Morgan fingerprint density at radius 2 is 1.12 bits per heavy atom. The number of carbonyl (C=O) groups is 1. The van der Waals surface area contributed by atoms with E-state index in [1.807, 2.05) is 69.8 Å². The predicted octanol–water partition coefficient (Wildman–Crippen LogP) is 7.74. The second-order valence-electron chi connectivity index (χ2n) is 14.3. The number of halogens is 2. The third kappa shape index (κ3) is 5.94. The van der Waals surface area contributed by atoms with E-state index in [-0.39, 0.29) is 36.3 Å². The molecule has 0 bridgehead atoms. The highest BCUT2D eigenvalue weighted by Gasteiger charge is 2.51. The first kappa shape index (κ1) is 36.4. The van der Waals surface area contributed by atoms with Crippen LogP contribution < -0.4 is 25.9 Å². The number of H-pyrrole nitrogens is 2. The van der Waals surface area contributed by atoms with Crippen LogP contribution in [0.4, 0.5) is 8.78 Å². The number of benzene rings is 4. The quantitative estimate of drug-likeness (QED) is 0.129. The number of nitrogens with one attached hydrogen (secondary N) is 3. The lowest BCUT2D eigenvalue weighted by molar-refractivity contribution is -0.124. The van der Waals surface area contributed by atoms with Gasteiger partial charge in [-0.1, -0.05) is 48.5 Å². The Morgan fingerprint density at radius 1 is 0.655 bits per heavy atom. The molecule has 11 nitrogen and oxygen atoms in total. The van der Waals surface area contributed by atoms with Gasteiger partial charge in [-0.3, -0.25) is 23.5 Å². The van der Waals surface area contributed by atoms with E-state index in [2.05, 4.69) is 15.3 Å². The summed E-state index contributed by atoms with van der Waals surface area (Å²) in [5.74, 6) is -0.340. The molecule has 1 fully saturated rings. The number of hydrogen-bond donors (Lipinski definition) is 3. The minimum absolute atomic E-state index is 0.0319. The largest absolute Gasteiger partial charge is 0.440 e. The van der Waals surface area contributed by atoms with E-state index in [9.17, 15) is 14.4 Å². The average Bonchev–Trinajstić information content (AvgIpc) is 3.72. The fourth-order valence-corrected chi connectivity index (χ4v) is 8.10. The van der Waals surface area contributed by atoms with Gasteiger partial charge in [0.05, 0.1) is 22.2 Å². The Kier molecular flexibility index (Phi) is 9.01. The number of aromatic nitrogens is 4. The van der Waals surface area contributed by atoms with Gasteiger partial charge in [0.25, 0.3) is 0 Å². The third-order valence-corrected chi connectivity index (χ3v) is 10.8. The topological polar surface area (TPSA) is 126 Å². The number of aryl methyl sites for hydroxylation is 2. The van der Waals surface area contributed by atoms with Crippen LogP contribution in [-0.2, 0) is 10.3 Å². The first-order valence-corrected chi connectivity index (χ1v) is 18.6. The van der Waals surface area contributed by atoms with Gasteiger partial charge in [0.1, 0.15) is 28.7 Å². The van der Waals surface area contributed by atoms with Crippen LogP contribution in [0.15, 0.2) is 131 Å². The van der Waals surface area contributed by atoms with E-state index in [4.69, 9.17) is 9.47 Å². The number of nitrogens with zero attached hydrogens (tertiary/aromatic N) is 3. The molecule has 8 aromatic rings. The van der Waals surface area contributed by atoms with Crippen molar-refractivity contribution in [2.75, 3.05) is 19.6 Å². The summed E-state index contributed by atoms with van der Waals surface area (Å²) in [6, 6.07) is 29.9. The average molecular weight is 779 g/mol. The summed E-state index contributed by atoms with van der Waals surface area (Å²) in [4.78, 5) is 48.0. The van der Waals surface area contributed by atoms with E-state index in [0.29, 0.717) is 62.0 Å². The van der Waals surface area contributed by atoms with Crippen molar-refractivity contribution >= 4 is 28.2 Å². The van der Waals surface area contributed by atoms with E-state index < -0.39 is 28.3 Å². The van der Waals surface area contributed by atoms with Crippen LogP contribution in [0.5, 0.6) is 23.3 Å². The number of pyridine rings is 2. The molecule has 0 radical (unpaired) electrons. The molecular weight excluding hydrogens is 743 g/mol. The SMILES string of the molecule is Cc1ccc(F)cc1Oc1c(C2(c3c(Oc4cc(F)ccc4C)n(-c4ccccc4)c4c[nH]c(=O)cc34)CNCCN2C=O)c2cc(=O)[nH]cc2n1-c1ccccc1. The molecule has 0 unspecified atom stereocenters. The van der Waals surface area contributed by atoms with Crippen LogP contribution in [0, 0.1) is 25.5 Å². The molecular formula is C45H36F2N6O5. The van der Waals surface area contributed by atoms with E-state index in [0.717, 1.165) is 6.41 Å². The molecule has 58 heavy (non-hydrogen) atoms. The van der Waals surface area contributed by atoms with Crippen LogP contribution in [0.3, 0.4) is 0 Å². The highest BCUT2D eigenvalue weighted by molar-refractivity contribution is 5.95. The van der Waals surface area contributed by atoms with Crippen LogP contribution >= 0.6 is 0 Å². The van der Waals surface area contributed by atoms with E-state index in [1.54, 1.807) is 43.3 Å². The Bertz CT molecular complexity index is 2800. The fourth-order valence-electron chi connectivity index (χ4n) is 8.10. The molecule has 4 aromatic carbocycles. The van der Waals surface area contributed by atoms with Gasteiger partial charge in [-0.2, -0.15) is 0 Å². The van der Waals surface area contributed by atoms with Crippen LogP contribution in [0.25, 0.3) is 33.2 Å². The Balaban J connectivity index is 1.51. The summed E-state index contributed by atoms with van der Waals surface area (Å²) in [6.07, 6.45) is 3.87. The van der Waals surface area contributed by atoms with Gasteiger partial charge in [0.15, 0.2) is 0 Å². The minimum Gasteiger partial charge on any atom is -0.440 e. The maximum atomic E-state index is 15.1. The first-order chi connectivity index (χ1) is 28.2. The van der Waals surface area contributed by atoms with Gasteiger partial charge >= 0.3 is 0 Å². The normalized spacial score (nSPS) is 13.9. The number of ether oxygens (including phenoxy) is 2. The molecule has 1 aliphatic heterocycles. The standard InChI is InChI=1S/C45H36F2N6O5/c1-27-13-15-29(46)19-37(27)57-43-41(33-21-39(55)49-23-35(33)52(43)31-9-5-3-6-10-31)45(25-48-17-18-51(45)26-54)42-34-22-40(56)50-24-36(34)53(32-11-7-4-8-12-32)44(42)58-38-20-30(47)16-14-28(38)2/h3-16,19-24,26,48H,17-18,25H2,1-2H3,(H,49,55)(H,50,56). The number of rotatable bonds is 9. The number of hydrogen-bond acceptors (Lipinski definition) is 6. The molecule has 1 aliphatic rings. The summed E-state index contributed by atoms with van der Waals surface area (Å²) in [7, 11) is 0. The van der Waals surface area contributed by atoms with Crippen molar-refractivity contribution in [1.82, 2.24) is 29.3 Å². The fraction of sp³-hybridized carbons (Fsp3) is 0.133. The van der Waals surface area contributed by atoms with Crippen molar-refractivity contribution in [3.05, 3.63) is 176 Å². The van der Waals surface area contributed by atoms with E-state index >= 15 is 8.78 Å². The number of amides is 1. The molecule has 0 atom stereocenters. The van der Waals surface area contributed by atoms with Crippen LogP contribution in [0.1, 0.15) is 22.3 Å². The Morgan fingerprint density at radius 3 is 1.57 bits per heavy atom. The van der Waals surface area contributed by atoms with Crippen LogP contribution in [-0.4, -0.2) is 50.0 Å². The van der Waals surface area contributed by atoms with Crippen molar-refractivity contribution in [2.45, 2.75) is 19.4 Å². The Labute approximate surface area is 329 Å². The summed E-state index contributed by atoms with van der Waals surface area (Å²) < 4.78 is 47.6. The second-order valence-corrected chi connectivity index (χ2v) is 14.3. The van der Waals surface area contributed by atoms with Gasteiger partial charge in [-0.15, -0.1) is 0 Å². The monoisotopic (exact) mass is 778 g/mol. The number of fused-ring (bicyclic) bond motifs is 2. The summed E-state index contributed by atoms with van der Waals surface area (Å²) in [5.41, 5.74) is 1.75. The van der Waals surface area contributed by atoms with Gasteiger partial charge in [-0.25, -0.2) is 8.78 Å². The summed E-state index contributed by atoms with van der Waals surface area (Å²) >= 11 is 0. The molecule has 1 saturated heterocycles. The minimum atomic E-state index is -1.63. The molecule has 3 N–H and O–H groups in total. The van der Waals surface area contributed by atoms with Gasteiger partial charge in [0.2, 0.25) is 29.3 Å². The maximum absolute atomic E-state index is 15.1. The van der Waals surface area contributed by atoms with Gasteiger partial charge < -0.3 is 29.7 Å². The smallest absolute Gasteiger partial charge is 0.248 e. The van der Waals surface area contributed by atoms with Crippen LogP contribution in [0.2, 0.25) is 0 Å². The Hall–Kier alpha value is -7.25. The molecule has 9 rings (SSSR count). The zero-order chi connectivity index (χ0) is 40.1. The number of aromatic amines is 2. The van der Waals surface area contributed by atoms with Crippen molar-refractivity contribution in [2.24, 2.45) is 0 Å². The molecule has 5 heterocycles. The summed E-state index contributed by atoms with van der Waals surface area (Å²) in [6.45, 7) is 4.17. The maximum Gasteiger partial charge on any atom is 0.248 e. The van der Waals surface area contributed by atoms with Gasteiger partial charge in [0, 0.05) is 78.4 Å². The van der Waals surface area contributed by atoms with Gasteiger partial charge in [-0.05, 0) is 61.4 Å². The number of piperazine rings is 1. The van der Waals surface area contributed by atoms with Crippen molar-refractivity contribution in [3.63, 3.8) is 0 Å². The highest BCUT2D eigenvalue weighted by atomic mass is 19.1. The first-order valence-electron chi connectivity index (χ1n) is 18.6. The third-order valence-electron chi connectivity index (χ3n) is 10.8. The molecule has 290 valence electrons. The zero-order valence-corrected chi connectivity index (χ0v) is 31.4. The number of carbonyl (C=O) groups excluding carboxylic acids is 1. The zero-order valence-electron chi connectivity index (χ0n) is 31.4. The van der Waals surface area contributed by atoms with Crippen molar-refractivity contribution in [1.29, 1.82) is 0 Å². The van der Waals surface area contributed by atoms with Crippen molar-refractivity contribution in [3.8, 4) is 34.6 Å². The lowest BCUT2D eigenvalue weighted by Gasteiger charge is -2.46.